The van der Waals surface area contributed by atoms with Crippen molar-refractivity contribution in [1.29, 1.82) is 0 Å². The first kappa shape index (κ1) is 10.1. The van der Waals surface area contributed by atoms with Crippen LogP contribution in [0.25, 0.3) is 0 Å². The van der Waals surface area contributed by atoms with Gasteiger partial charge >= 0.3 is 0 Å². The molecular weight excluding hydrogens is 219 g/mol. The normalized spacial score (nSPS) is 12.7. The molecule has 5 heteroatoms. The van der Waals surface area contributed by atoms with Crippen LogP contribution in [0.5, 0.6) is 0 Å². The zero-order valence-corrected chi connectivity index (χ0v) is 8.41. The molecule has 1 heterocycles. The van der Waals surface area contributed by atoms with E-state index in [1.807, 2.05) is 0 Å². The van der Waals surface area contributed by atoms with Gasteiger partial charge in [-0.05, 0) is 17.7 Å². The van der Waals surface area contributed by atoms with Crippen LogP contribution in [-0.4, -0.2) is 5.16 Å². The third-order valence-corrected chi connectivity index (χ3v) is 2.37. The summed E-state index contributed by atoms with van der Waals surface area (Å²) in [6.07, 6.45) is 1.49. The van der Waals surface area contributed by atoms with Gasteiger partial charge in [-0.15, -0.1) is 0 Å². The summed E-state index contributed by atoms with van der Waals surface area (Å²) in [7, 11) is 0. The molecule has 0 aliphatic carbocycles. The van der Waals surface area contributed by atoms with Gasteiger partial charge in [-0.2, -0.15) is 0 Å². The van der Waals surface area contributed by atoms with Gasteiger partial charge < -0.3 is 10.3 Å². The summed E-state index contributed by atoms with van der Waals surface area (Å²) in [6, 6.07) is 5.51. The standard InChI is InChI=1S/C10H8ClFN2O/c11-7-2-1-6(5-8(7)12)10(13)9-3-4-14-15-9/h1-5,10H,13H2/t10-/m0/s1. The van der Waals surface area contributed by atoms with Crippen LogP contribution in [0, 0.1) is 5.82 Å². The summed E-state index contributed by atoms with van der Waals surface area (Å²) in [5, 5.41) is 3.61. The molecule has 2 N–H and O–H groups in total. The topological polar surface area (TPSA) is 52.0 Å². The summed E-state index contributed by atoms with van der Waals surface area (Å²) in [4.78, 5) is 0. The molecule has 0 spiro atoms. The minimum absolute atomic E-state index is 0.0727. The first-order valence-electron chi connectivity index (χ1n) is 4.29. The van der Waals surface area contributed by atoms with Gasteiger partial charge in [0.2, 0.25) is 0 Å². The lowest BCUT2D eigenvalue weighted by Crippen LogP contribution is -2.11. The van der Waals surface area contributed by atoms with Gasteiger partial charge in [-0.25, -0.2) is 4.39 Å². The molecule has 0 aliphatic heterocycles. The molecule has 78 valence electrons. The molecule has 1 atom stereocenters. The van der Waals surface area contributed by atoms with Crippen molar-refractivity contribution in [3.8, 4) is 0 Å². The maximum absolute atomic E-state index is 13.1. The van der Waals surface area contributed by atoms with Gasteiger partial charge in [0.25, 0.3) is 0 Å². The molecule has 0 unspecified atom stereocenters. The van der Waals surface area contributed by atoms with E-state index in [1.54, 1.807) is 12.1 Å². The third kappa shape index (κ3) is 2.00. The molecule has 0 saturated heterocycles. The third-order valence-electron chi connectivity index (χ3n) is 2.07. The minimum atomic E-state index is -0.528. The van der Waals surface area contributed by atoms with Crippen molar-refractivity contribution < 1.29 is 8.91 Å². The molecule has 0 amide bonds. The molecule has 0 aliphatic rings. The number of rotatable bonds is 2. The highest BCUT2D eigenvalue weighted by molar-refractivity contribution is 6.30. The summed E-state index contributed by atoms with van der Waals surface area (Å²) in [5.74, 6) is -0.0131. The van der Waals surface area contributed by atoms with Crippen molar-refractivity contribution in [2.24, 2.45) is 5.73 Å². The Kier molecular flexibility index (Phi) is 2.70. The Morgan fingerprint density at radius 1 is 1.40 bits per heavy atom. The van der Waals surface area contributed by atoms with Crippen molar-refractivity contribution in [3.05, 3.63) is 52.6 Å². The number of hydrogen-bond acceptors (Lipinski definition) is 3. The predicted molar refractivity (Wildman–Crippen MR) is 53.9 cm³/mol. The second kappa shape index (κ2) is 4.00. The van der Waals surface area contributed by atoms with Crippen LogP contribution in [0.1, 0.15) is 17.4 Å². The number of hydrogen-bond donors (Lipinski definition) is 1. The average molecular weight is 227 g/mol. The van der Waals surface area contributed by atoms with Crippen LogP contribution in [0.4, 0.5) is 4.39 Å². The Labute approximate surface area is 90.6 Å². The highest BCUT2D eigenvalue weighted by atomic mass is 35.5. The lowest BCUT2D eigenvalue weighted by molar-refractivity contribution is 0.372. The largest absolute Gasteiger partial charge is 0.359 e. The Bertz CT molecular complexity index is 458. The Balaban J connectivity index is 2.34. The van der Waals surface area contributed by atoms with Crippen LogP contribution in [0.3, 0.4) is 0 Å². The fraction of sp³-hybridized carbons (Fsp3) is 0.100. The molecule has 15 heavy (non-hydrogen) atoms. The molecule has 0 saturated carbocycles. The summed E-state index contributed by atoms with van der Waals surface area (Å²) >= 11 is 5.56. The minimum Gasteiger partial charge on any atom is -0.359 e. The van der Waals surface area contributed by atoms with Crippen LogP contribution < -0.4 is 5.73 Å². The monoisotopic (exact) mass is 226 g/mol. The second-order valence-electron chi connectivity index (χ2n) is 3.07. The van der Waals surface area contributed by atoms with Gasteiger partial charge in [0.15, 0.2) is 5.76 Å². The smallest absolute Gasteiger partial charge is 0.157 e. The highest BCUT2D eigenvalue weighted by Crippen LogP contribution is 2.23. The summed E-state index contributed by atoms with van der Waals surface area (Å²) in [6.45, 7) is 0. The van der Waals surface area contributed by atoms with Crippen molar-refractivity contribution in [3.63, 3.8) is 0 Å². The molecule has 2 rings (SSSR count). The quantitative estimate of drug-likeness (QED) is 0.856. The van der Waals surface area contributed by atoms with E-state index in [0.29, 0.717) is 11.3 Å². The number of nitrogens with zero attached hydrogens (tertiary/aromatic N) is 1. The van der Waals surface area contributed by atoms with Gasteiger partial charge in [0, 0.05) is 6.07 Å². The van der Waals surface area contributed by atoms with Crippen molar-refractivity contribution in [2.75, 3.05) is 0 Å². The molecular formula is C10H8ClFN2O. The SMILES string of the molecule is N[C@@H](c1ccc(Cl)c(F)c1)c1ccno1. The average Bonchev–Trinajstić information content (AvgIpc) is 2.74. The molecule has 1 aromatic carbocycles. The van der Waals surface area contributed by atoms with E-state index in [9.17, 15) is 4.39 Å². The Morgan fingerprint density at radius 2 is 2.20 bits per heavy atom. The first-order chi connectivity index (χ1) is 7.18. The van der Waals surface area contributed by atoms with E-state index >= 15 is 0 Å². The number of nitrogens with two attached hydrogens (primary N) is 1. The number of benzene rings is 1. The van der Waals surface area contributed by atoms with Crippen molar-refractivity contribution in [2.45, 2.75) is 6.04 Å². The molecule has 0 bridgehead atoms. The molecule has 3 nitrogen and oxygen atoms in total. The zero-order valence-electron chi connectivity index (χ0n) is 7.65. The van der Waals surface area contributed by atoms with Crippen LogP contribution in [-0.2, 0) is 0 Å². The zero-order chi connectivity index (χ0) is 10.8. The summed E-state index contributed by atoms with van der Waals surface area (Å²) in [5.41, 5.74) is 6.43. The molecule has 0 fully saturated rings. The van der Waals surface area contributed by atoms with Gasteiger partial charge in [0.05, 0.1) is 17.3 Å². The lowest BCUT2D eigenvalue weighted by atomic mass is 10.1. The van der Waals surface area contributed by atoms with E-state index in [-0.39, 0.29) is 5.02 Å². The highest BCUT2D eigenvalue weighted by Gasteiger charge is 2.13. The van der Waals surface area contributed by atoms with Crippen molar-refractivity contribution >= 4 is 11.6 Å². The van der Waals surface area contributed by atoms with Gasteiger partial charge in [0.1, 0.15) is 5.82 Å². The van der Waals surface area contributed by atoms with Crippen LogP contribution in [0.15, 0.2) is 35.0 Å². The van der Waals surface area contributed by atoms with Crippen molar-refractivity contribution in [1.82, 2.24) is 5.16 Å². The molecule has 1 aromatic heterocycles. The van der Waals surface area contributed by atoms with E-state index in [1.165, 1.54) is 18.3 Å². The fourth-order valence-electron chi connectivity index (χ4n) is 1.26. The van der Waals surface area contributed by atoms with E-state index in [4.69, 9.17) is 21.9 Å². The first-order valence-corrected chi connectivity index (χ1v) is 4.67. The van der Waals surface area contributed by atoms with Gasteiger partial charge in [-0.1, -0.05) is 22.8 Å². The van der Waals surface area contributed by atoms with E-state index in [0.717, 1.165) is 0 Å². The second-order valence-corrected chi connectivity index (χ2v) is 3.47. The fourth-order valence-corrected chi connectivity index (χ4v) is 1.37. The predicted octanol–water partition coefficient (Wildman–Crippen LogP) is 2.52. The Hall–Kier alpha value is -1.39. The van der Waals surface area contributed by atoms with Crippen LogP contribution >= 0.6 is 11.6 Å². The summed E-state index contributed by atoms with van der Waals surface area (Å²) < 4.78 is 18.0. The number of aromatic nitrogens is 1. The lowest BCUT2D eigenvalue weighted by Gasteiger charge is -2.08. The molecule has 0 radical (unpaired) electrons. The van der Waals surface area contributed by atoms with Crippen LogP contribution in [0.2, 0.25) is 5.02 Å². The van der Waals surface area contributed by atoms with Gasteiger partial charge in [-0.3, -0.25) is 0 Å². The maximum atomic E-state index is 13.1. The number of halogens is 2. The van der Waals surface area contributed by atoms with E-state index < -0.39 is 11.9 Å². The molecule has 2 aromatic rings. The Morgan fingerprint density at radius 3 is 2.80 bits per heavy atom. The maximum Gasteiger partial charge on any atom is 0.157 e. The van der Waals surface area contributed by atoms with E-state index in [2.05, 4.69) is 5.16 Å².